The minimum Gasteiger partial charge on any atom is -0.387 e. The van der Waals surface area contributed by atoms with Crippen LogP contribution in [0.5, 0.6) is 0 Å². The second-order valence-electron chi connectivity index (χ2n) is 31.0. The molecule has 18 heteroatoms. The average Bonchev–Trinajstić information content (AvgIpc) is 1.54. The van der Waals surface area contributed by atoms with Crippen LogP contribution in [0.3, 0.4) is 0 Å². The second-order valence-corrected chi connectivity index (χ2v) is 38.6. The van der Waals surface area contributed by atoms with Crippen molar-refractivity contribution in [1.82, 2.24) is 37.9 Å². The van der Waals surface area contributed by atoms with Crippen molar-refractivity contribution in [3.8, 4) is 11.6 Å². The molecule has 120 heavy (non-hydrogen) atoms. The van der Waals surface area contributed by atoms with Gasteiger partial charge in [0, 0.05) is 40.8 Å². The Morgan fingerprint density at radius 2 is 0.533 bits per heavy atom. The Balaban J connectivity index is 0.000000137. The van der Waals surface area contributed by atoms with Gasteiger partial charge in [0.25, 0.3) is 0 Å². The number of anilines is 11. The summed E-state index contributed by atoms with van der Waals surface area (Å²) in [5.74, 6) is 2.28. The first-order valence-electron chi connectivity index (χ1n) is 40.8. The molecule has 25 rings (SSSR count). The van der Waals surface area contributed by atoms with Crippen molar-refractivity contribution in [2.45, 2.75) is 0 Å². The molecule has 0 unspecified atom stereocenters. The first kappa shape index (κ1) is 68.9. The van der Waals surface area contributed by atoms with E-state index in [1.165, 1.54) is 76.1 Å². The van der Waals surface area contributed by atoms with Gasteiger partial charge in [-0.1, -0.05) is 273 Å². The van der Waals surface area contributed by atoms with E-state index >= 15 is 0 Å². The van der Waals surface area contributed by atoms with E-state index in [2.05, 4.69) is 472 Å². The van der Waals surface area contributed by atoms with Gasteiger partial charge in [0.05, 0.1) is 83.9 Å². The average molecular weight is 1570 g/mol. The van der Waals surface area contributed by atoms with Crippen molar-refractivity contribution >= 4 is 190 Å². The zero-order chi connectivity index (χ0) is 79.0. The summed E-state index contributed by atoms with van der Waals surface area (Å²) >= 11 is 0. The first-order chi connectivity index (χ1) is 59.6. The van der Waals surface area contributed by atoms with Crippen LogP contribution >= 0.6 is 0 Å². The highest BCUT2D eigenvalue weighted by atomic mass is 28.3. The van der Waals surface area contributed by atoms with Crippen molar-refractivity contribution in [3.63, 3.8) is 0 Å². The summed E-state index contributed by atoms with van der Waals surface area (Å²) in [4.78, 5) is 33.0. The number of rotatable bonds is 13. The van der Waals surface area contributed by atoms with Gasteiger partial charge in [0.1, 0.15) is 0 Å². The Bertz CT molecular complexity index is 7410. The van der Waals surface area contributed by atoms with Gasteiger partial charge < -0.3 is 29.3 Å². The summed E-state index contributed by atoms with van der Waals surface area (Å²) in [7, 11) is -6.03. The molecule has 4 aliphatic heterocycles. The number of hydrogen-bond acceptors (Lipinski definition) is 10. The molecule has 0 saturated heterocycles. The molecule has 1 N–H and O–H groups in total. The predicted molar refractivity (Wildman–Crippen MR) is 500 cm³/mol. The quantitative estimate of drug-likeness (QED) is 0.0888. The van der Waals surface area contributed by atoms with E-state index in [-0.39, 0.29) is 14.2 Å². The SMILES string of the molecule is c1ccc(N2B3N(c4ccc([Si](c5ccccc5)(c5ccccc5)c5cnc(-n6c7ccccc7n7c8ccccc8nc67)nc5)cc4)c4ccccc4N3c3ccccc32)cc1.c1ccc([Si](c2ccccc2)(c2ccc(N3B4Nc5ccccc5N4c4ccccc43)cc2)c2ccc(-n3c4ccccc4n4c5ccccc5nc34)cc2)cc1. The van der Waals surface area contributed by atoms with Crippen LogP contribution in [0.15, 0.2) is 431 Å². The van der Waals surface area contributed by atoms with Gasteiger partial charge in [-0.2, -0.15) is 0 Å². The Morgan fingerprint density at radius 1 is 0.225 bits per heavy atom. The molecule has 0 aliphatic carbocycles. The zero-order valence-corrected chi connectivity index (χ0v) is 67.0. The largest absolute Gasteiger partial charge is 0.519 e. The molecule has 564 valence electrons. The van der Waals surface area contributed by atoms with Crippen molar-refractivity contribution in [1.29, 1.82) is 0 Å². The minimum absolute atomic E-state index is 0.0488. The molecule has 0 fully saturated rings. The fourth-order valence-corrected chi connectivity index (χ4v) is 29.1. The van der Waals surface area contributed by atoms with Gasteiger partial charge in [-0.25, -0.2) is 24.5 Å². The number of hydrogen-bond donors (Lipinski definition) is 1. The van der Waals surface area contributed by atoms with E-state index < -0.39 is 16.1 Å². The summed E-state index contributed by atoms with van der Waals surface area (Å²) in [6.45, 7) is 0. The van der Waals surface area contributed by atoms with Crippen LogP contribution in [0.1, 0.15) is 0 Å². The summed E-state index contributed by atoms with van der Waals surface area (Å²) in [6, 6.07) is 152. The maximum atomic E-state index is 5.25. The van der Waals surface area contributed by atoms with Gasteiger partial charge in [-0.3, -0.25) is 13.4 Å². The smallest absolute Gasteiger partial charge is 0.387 e. The normalized spacial score (nSPS) is 13.3. The topological polar surface area (TPSA) is 98.5 Å². The van der Waals surface area contributed by atoms with Crippen LogP contribution in [0.4, 0.5) is 62.6 Å². The Kier molecular flexibility index (Phi) is 15.8. The van der Waals surface area contributed by atoms with E-state index in [1.54, 1.807) is 0 Å². The zero-order valence-electron chi connectivity index (χ0n) is 65.0. The molecule has 0 saturated carbocycles. The van der Waals surface area contributed by atoms with Crippen molar-refractivity contribution in [2.75, 3.05) is 29.3 Å². The maximum Gasteiger partial charge on any atom is 0.519 e. The number of para-hydroxylation sites is 17. The third-order valence-electron chi connectivity index (χ3n) is 24.9. The van der Waals surface area contributed by atoms with E-state index in [1.807, 2.05) is 6.07 Å². The lowest BCUT2D eigenvalue weighted by atomic mass is 9.86. The van der Waals surface area contributed by atoms with Gasteiger partial charge in [0.15, 0.2) is 16.1 Å². The molecule has 16 aromatic carbocycles. The van der Waals surface area contributed by atoms with E-state index in [9.17, 15) is 0 Å². The highest BCUT2D eigenvalue weighted by molar-refractivity contribution is 7.20. The highest BCUT2D eigenvalue weighted by Gasteiger charge is 2.54. The Labute approximate surface area is 695 Å². The van der Waals surface area contributed by atoms with Crippen LogP contribution in [-0.4, -0.2) is 68.3 Å². The molecule has 4 aliphatic rings. The molecule has 9 heterocycles. The summed E-state index contributed by atoms with van der Waals surface area (Å²) in [6.07, 6.45) is 4.14. The van der Waals surface area contributed by atoms with Gasteiger partial charge >= 0.3 is 14.2 Å². The van der Waals surface area contributed by atoms with Gasteiger partial charge in [-0.15, -0.1) is 0 Å². The summed E-state index contributed by atoms with van der Waals surface area (Å²) < 4.78 is 8.87. The summed E-state index contributed by atoms with van der Waals surface area (Å²) in [5.41, 5.74) is 22.4. The van der Waals surface area contributed by atoms with E-state index in [0.717, 1.165) is 89.3 Å². The molecule has 0 amide bonds. The lowest BCUT2D eigenvalue weighted by Gasteiger charge is -2.35. The van der Waals surface area contributed by atoms with Crippen molar-refractivity contribution in [2.24, 2.45) is 0 Å². The van der Waals surface area contributed by atoms with Crippen LogP contribution in [0, 0.1) is 0 Å². The van der Waals surface area contributed by atoms with E-state index in [0.29, 0.717) is 5.95 Å². The molecule has 0 spiro atoms. The van der Waals surface area contributed by atoms with Crippen LogP contribution in [0.25, 0.3) is 67.3 Å². The number of fused-ring (bicyclic) bond motifs is 20. The molecular weight excluding hydrogens is 1500 g/mol. The molecule has 14 nitrogen and oxygen atoms in total. The maximum absolute atomic E-state index is 5.25. The number of benzene rings is 16. The molecule has 5 aromatic heterocycles. The molecule has 0 bridgehead atoms. The standard InChI is InChI=1S/C53H37BN8Si.C49H35BN6Si/c1-4-18-38(19-5-1)60-48-28-14-16-30-50(48)62-51-31-17-15-29-49(51)61(54(60)62)39-32-34-42(35-33-39)63(40-20-6-2-7-21-40,41-22-8-3-9-23-41)43-36-55-52(56-37-43)59-47-27-13-12-26-46(47)58-45-25-11-10-24-44(45)57-53(58)59;1-3-15-37(16-4-1)57(38-17-5-2-6-18-38,39-31-27-35(28-32-39)53-45-23-11-12-24-46(45)54-43-21-9-7-19-41(43)51-49(53)54)40-33-29-36(30-34-40)55-47-25-13-14-26-48(47)56-44-22-10-8-20-42(44)52-50(55)56/h1-37H;1-34,52H. The van der Waals surface area contributed by atoms with Crippen LogP contribution < -0.4 is 70.8 Å². The third kappa shape index (κ3) is 10.3. The number of nitrogens with one attached hydrogen (secondary N) is 1. The molecule has 21 aromatic rings. The Morgan fingerprint density at radius 3 is 0.992 bits per heavy atom. The summed E-state index contributed by atoms with van der Waals surface area (Å²) in [5, 5.41) is 14.0. The Hall–Kier alpha value is -15.5. The van der Waals surface area contributed by atoms with E-state index in [4.69, 9.17) is 19.9 Å². The molecular formula is C102H72B2N14Si2. The lowest BCUT2D eigenvalue weighted by Crippen LogP contribution is -2.74. The van der Waals surface area contributed by atoms with Crippen LogP contribution in [0.2, 0.25) is 0 Å². The molecule has 0 atom stereocenters. The number of imidazole rings is 4. The van der Waals surface area contributed by atoms with Crippen molar-refractivity contribution in [3.05, 3.63) is 431 Å². The van der Waals surface area contributed by atoms with Crippen LogP contribution in [-0.2, 0) is 0 Å². The fourth-order valence-electron chi connectivity index (χ4n) is 19.9. The fraction of sp³-hybridized carbons (Fsp3) is 0. The highest BCUT2D eigenvalue weighted by Crippen LogP contribution is 2.56. The predicted octanol–water partition coefficient (Wildman–Crippen LogP) is 17.5. The third-order valence-corrected chi connectivity index (χ3v) is 34.4. The first-order valence-corrected chi connectivity index (χ1v) is 44.8. The molecule has 0 radical (unpaired) electrons. The minimum atomic E-state index is -3.01. The second kappa shape index (κ2) is 27.6. The number of nitrogens with zero attached hydrogens (tertiary/aromatic N) is 13. The number of aromatic nitrogens is 8. The monoisotopic (exact) mass is 1570 g/mol. The van der Waals surface area contributed by atoms with Crippen molar-refractivity contribution < 1.29 is 0 Å². The lowest BCUT2D eigenvalue weighted by molar-refractivity contribution is 0.970. The van der Waals surface area contributed by atoms with Gasteiger partial charge in [-0.05, 0) is 187 Å². The van der Waals surface area contributed by atoms with Gasteiger partial charge in [0.2, 0.25) is 17.5 Å².